The molecule has 0 aliphatic carbocycles. The van der Waals surface area contributed by atoms with E-state index in [2.05, 4.69) is 34.1 Å². The minimum atomic E-state index is -1.36. The summed E-state index contributed by atoms with van der Waals surface area (Å²) in [5, 5.41) is 23.7. The van der Waals surface area contributed by atoms with Gasteiger partial charge in [-0.2, -0.15) is 0 Å². The van der Waals surface area contributed by atoms with Gasteiger partial charge in [0.2, 0.25) is 0 Å². The van der Waals surface area contributed by atoms with Crippen LogP contribution in [0.5, 0.6) is 23.0 Å². The fraction of sp³-hybridized carbons (Fsp3) is 0.238. The average Bonchev–Trinajstić information content (AvgIpc) is 3.85. The van der Waals surface area contributed by atoms with Gasteiger partial charge < -0.3 is 0 Å². The molecule has 4 amide bonds. The molecule has 3 atom stereocenters. The van der Waals surface area contributed by atoms with Gasteiger partial charge in [0.25, 0.3) is 0 Å². The van der Waals surface area contributed by atoms with Crippen LogP contribution in [-0.4, -0.2) is 141 Å². The molecule has 0 saturated heterocycles. The van der Waals surface area contributed by atoms with Gasteiger partial charge >= 0.3 is 424 Å². The molecule has 16 nitrogen and oxygen atoms in total. The molecule has 1 unspecified atom stereocenters. The normalized spacial score (nSPS) is 16.2. The van der Waals surface area contributed by atoms with Crippen molar-refractivity contribution in [1.82, 2.24) is 0 Å². The van der Waals surface area contributed by atoms with Gasteiger partial charge in [-0.1, -0.05) is 0 Å². The van der Waals surface area contributed by atoms with Crippen molar-refractivity contribution >= 4 is 139 Å². The van der Waals surface area contributed by atoms with Crippen molar-refractivity contribution in [3.63, 3.8) is 0 Å². The Balaban J connectivity index is 0.000000272. The Morgan fingerprint density at radius 1 is 0.797 bits per heavy atom. The fourth-order valence-corrected chi connectivity index (χ4v) is 8.35. The number of carbonyl (C=O) groups is 4. The number of methoxy groups -OCH3 is 2. The van der Waals surface area contributed by atoms with Gasteiger partial charge in [0.1, 0.15) is 0 Å². The van der Waals surface area contributed by atoms with Crippen LogP contribution in [0.3, 0.4) is 0 Å². The molecule has 3 heterocycles. The second-order valence-corrected chi connectivity index (χ2v) is 15.2. The molecular formula is C42H46N4O12P2S2Tl2-2. The number of nitrogens with one attached hydrogen (secondary N) is 1. The number of fused-ring (bicyclic) bond motifs is 5. The number of para-hydroxylation sites is 2. The van der Waals surface area contributed by atoms with E-state index in [4.69, 9.17) is 27.3 Å². The summed E-state index contributed by atoms with van der Waals surface area (Å²) in [6.45, 7) is 6.81. The number of nitrogens with zero attached hydrogens (tertiary/aromatic N) is 3. The third-order valence-corrected chi connectivity index (χ3v) is 11.1. The van der Waals surface area contributed by atoms with Crippen LogP contribution in [0.25, 0.3) is 0 Å². The Kier molecular flexibility index (Phi) is 20.5. The van der Waals surface area contributed by atoms with E-state index in [-0.39, 0.29) is 114 Å². The van der Waals surface area contributed by atoms with Crippen molar-refractivity contribution in [3.05, 3.63) is 120 Å². The first-order valence-electron chi connectivity index (χ1n) is 18.8. The summed E-state index contributed by atoms with van der Waals surface area (Å²) in [4.78, 5) is 56.5. The number of aliphatic hydroxyl groups is 2. The fourth-order valence-electron chi connectivity index (χ4n) is 7.36. The van der Waals surface area contributed by atoms with Gasteiger partial charge in [0.15, 0.2) is 0 Å². The minimum absolute atomic E-state index is 0. The quantitative estimate of drug-likeness (QED) is 0.0617. The summed E-state index contributed by atoms with van der Waals surface area (Å²) in [6.07, 6.45) is 0.852. The second kappa shape index (κ2) is 24.8. The number of amides is 4. The molecule has 0 saturated carbocycles. The topological polar surface area (TPSA) is 186 Å². The van der Waals surface area contributed by atoms with Crippen molar-refractivity contribution < 1.29 is 56.7 Å². The van der Waals surface area contributed by atoms with Gasteiger partial charge in [-0.15, -0.1) is 0 Å². The third-order valence-electron chi connectivity index (χ3n) is 10.0. The zero-order valence-corrected chi connectivity index (χ0v) is 54.5. The summed E-state index contributed by atoms with van der Waals surface area (Å²) in [7, 11) is 11.0. The van der Waals surface area contributed by atoms with E-state index in [1.807, 2.05) is 48.5 Å². The number of aliphatic hydroxyl groups excluding tert-OH is 2. The van der Waals surface area contributed by atoms with Gasteiger partial charge in [-0.25, -0.2) is 0 Å². The number of anilines is 4. The zero-order valence-electron chi connectivity index (χ0n) is 35.4. The Bertz CT molecular complexity index is 2520. The maximum absolute atomic E-state index is 13.7. The first kappa shape index (κ1) is 53.0. The molecule has 336 valence electrons. The second-order valence-electron chi connectivity index (χ2n) is 13.5. The van der Waals surface area contributed by atoms with Crippen LogP contribution in [0.1, 0.15) is 31.8 Å². The number of rotatable bonds is 11. The summed E-state index contributed by atoms with van der Waals surface area (Å²) in [5.74, 6) is 0.376. The van der Waals surface area contributed by atoms with E-state index in [1.54, 1.807) is 0 Å². The third kappa shape index (κ3) is 11.3. The van der Waals surface area contributed by atoms with E-state index < -0.39 is 36.4 Å². The summed E-state index contributed by atoms with van der Waals surface area (Å²) in [5.41, 5.74) is 3.93. The number of thiol groups is 2. The SMILES string of the molecule is C=CCOC(=O)N1c2cc(O[SH-]#P)c(OC)cc2C(=O)N2c3ccccc3C[C@H]2C1O.C=CCOC(=O)Nc1cc(O[SH-]#P)c(OC)cc1C(=O)N1c2ccccc2C[C@H]1CO.[TlH2].[TlH2]. The van der Waals surface area contributed by atoms with Crippen LogP contribution in [0.2, 0.25) is 0 Å². The maximum atomic E-state index is 13.7. The molecule has 3 aliphatic rings. The van der Waals surface area contributed by atoms with Crippen LogP contribution in [-0.2, 0) is 44.4 Å². The molecule has 64 heavy (non-hydrogen) atoms. The molecule has 3 aliphatic heterocycles. The van der Waals surface area contributed by atoms with E-state index in [0.717, 1.165) is 16.0 Å². The first-order chi connectivity index (χ1) is 30.0. The Morgan fingerprint density at radius 2 is 1.38 bits per heavy atom. The molecular weight excluding hydrogens is 1290 g/mol. The first-order valence-corrected chi connectivity index (χ1v) is 22.7. The number of benzene rings is 4. The number of hydrogen-bond donors (Lipinski definition) is 3. The van der Waals surface area contributed by atoms with Crippen molar-refractivity contribution in [1.29, 1.82) is 0 Å². The van der Waals surface area contributed by atoms with Crippen LogP contribution in [0.4, 0.5) is 32.3 Å². The zero-order chi connectivity index (χ0) is 44.5. The van der Waals surface area contributed by atoms with Crippen molar-refractivity contribution in [3.8, 4) is 23.0 Å². The van der Waals surface area contributed by atoms with E-state index in [1.165, 1.54) is 60.4 Å². The summed E-state index contributed by atoms with van der Waals surface area (Å²) < 4.78 is 31.8. The molecule has 22 heteroatoms. The Hall–Kier alpha value is -3.64. The van der Waals surface area contributed by atoms with Crippen molar-refractivity contribution in [2.75, 3.05) is 54.1 Å². The molecule has 3 N–H and O–H groups in total. The Labute approximate surface area is 420 Å². The van der Waals surface area contributed by atoms with Gasteiger partial charge in [-0.3, -0.25) is 0 Å². The van der Waals surface area contributed by atoms with Crippen molar-refractivity contribution in [2.24, 2.45) is 0 Å². The number of ether oxygens (including phenoxy) is 4. The average molecular weight is 1330 g/mol. The van der Waals surface area contributed by atoms with Gasteiger partial charge in [0.05, 0.1) is 0 Å². The van der Waals surface area contributed by atoms with Crippen molar-refractivity contribution in [2.45, 2.75) is 31.2 Å². The van der Waals surface area contributed by atoms with E-state index >= 15 is 0 Å². The Morgan fingerprint density at radius 3 is 1.98 bits per heavy atom. The molecule has 0 fully saturated rings. The predicted octanol–water partition coefficient (Wildman–Crippen LogP) is 4.76. The molecule has 0 aromatic heterocycles. The monoisotopic (exact) mass is 1330 g/mol. The number of carbonyl (C=O) groups excluding carboxylic acids is 4. The van der Waals surface area contributed by atoms with E-state index in [0.29, 0.717) is 57.8 Å². The molecule has 0 spiro atoms. The molecule has 4 aromatic carbocycles. The van der Waals surface area contributed by atoms with Crippen LogP contribution < -0.4 is 37.9 Å². The molecule has 7 rings (SSSR count). The standard InChI is InChI=1S/C21H20N2O6PS.C21H22N2O6PS.2Tl.4H/c1-3-8-28-21(26)23-15-11-18(29-31-30)17(27-2)10-13(15)19(24)22-14-7-5-4-6-12(14)9-16(22)20(23)25;1-3-8-28-21(26)22-16-11-19(29-31-30)18(27-2)10-15(16)20(25)23-14(12-24)9-13-6-4-5-7-17(13)23;;;;;;/h3-7,10-11,16,20,25,31H,1,8-9H2,2H3;3-7,10-11,14,24,31H,1,8-9,12H2,2H3,(H,22,26);;;;;;/q2*-1;;;;;;/t16-,20?;14-;;;;;;/m00....../s1. The van der Waals surface area contributed by atoms with Gasteiger partial charge in [0, 0.05) is 0 Å². The van der Waals surface area contributed by atoms with Crippen LogP contribution >= 0.6 is 15.6 Å². The number of hydrogen-bond acceptors (Lipinski definition) is 14. The van der Waals surface area contributed by atoms with Crippen LogP contribution in [0.15, 0.2) is 98.1 Å². The predicted molar refractivity (Wildman–Crippen MR) is 259 cm³/mol. The van der Waals surface area contributed by atoms with E-state index in [9.17, 15) is 29.4 Å². The molecule has 2 radical (unpaired) electrons. The van der Waals surface area contributed by atoms with Crippen LogP contribution in [0, 0.1) is 0 Å². The molecule has 0 bridgehead atoms. The van der Waals surface area contributed by atoms with Gasteiger partial charge in [-0.05, 0) is 0 Å². The summed E-state index contributed by atoms with van der Waals surface area (Å²) in [6, 6.07) is 19.7. The summed E-state index contributed by atoms with van der Waals surface area (Å²) >= 11 is 0.601. The molecule has 4 aromatic rings.